The maximum Gasteiger partial charge on any atom is 0.252 e. The minimum Gasteiger partial charge on any atom is -0.384 e. The van der Waals surface area contributed by atoms with Crippen molar-refractivity contribution in [2.24, 2.45) is 0 Å². The Labute approximate surface area is 126 Å². The van der Waals surface area contributed by atoms with Crippen LogP contribution in [0.5, 0.6) is 0 Å². The van der Waals surface area contributed by atoms with Gasteiger partial charge < -0.3 is 15.3 Å². The lowest BCUT2D eigenvalue weighted by molar-refractivity contribution is 0.0557. The molecule has 1 aromatic carbocycles. The molecule has 1 aromatic rings. The summed E-state index contributed by atoms with van der Waals surface area (Å²) >= 11 is 0. The predicted molar refractivity (Wildman–Crippen MR) is 83.0 cm³/mol. The smallest absolute Gasteiger partial charge is 0.252 e. The summed E-state index contributed by atoms with van der Waals surface area (Å²) in [7, 11) is 4.12. The van der Waals surface area contributed by atoms with Crippen LogP contribution in [0.1, 0.15) is 35.2 Å². The maximum atomic E-state index is 12.4. The lowest BCUT2D eigenvalue weighted by Crippen LogP contribution is -2.57. The third kappa shape index (κ3) is 3.44. The number of aliphatic hydroxyl groups excluding tert-OH is 1. The Bertz CT molecular complexity index is 566. The van der Waals surface area contributed by atoms with Crippen LogP contribution in [0.3, 0.4) is 0 Å². The molecule has 21 heavy (non-hydrogen) atoms. The third-order valence-electron chi connectivity index (χ3n) is 4.28. The number of likely N-dealkylation sites (N-methyl/N-ethyl adjacent to an activating group) is 1. The zero-order valence-corrected chi connectivity index (χ0v) is 12.6. The molecule has 4 heteroatoms. The summed E-state index contributed by atoms with van der Waals surface area (Å²) in [6.45, 7) is 0.445. The number of amides is 1. The van der Waals surface area contributed by atoms with E-state index in [-0.39, 0.29) is 18.1 Å². The van der Waals surface area contributed by atoms with E-state index in [0.717, 1.165) is 12.8 Å². The van der Waals surface area contributed by atoms with Gasteiger partial charge in [0.15, 0.2) is 0 Å². The van der Waals surface area contributed by atoms with E-state index in [0.29, 0.717) is 17.7 Å². The Balaban J connectivity index is 2.07. The van der Waals surface area contributed by atoms with Gasteiger partial charge in [0.25, 0.3) is 5.91 Å². The summed E-state index contributed by atoms with van der Waals surface area (Å²) in [6, 6.07) is 7.22. The molecule has 0 aromatic heterocycles. The Morgan fingerprint density at radius 3 is 2.67 bits per heavy atom. The van der Waals surface area contributed by atoms with Gasteiger partial charge in [-0.25, -0.2) is 0 Å². The van der Waals surface area contributed by atoms with Crippen molar-refractivity contribution in [2.45, 2.75) is 24.8 Å². The normalized spacial score (nSPS) is 15.8. The van der Waals surface area contributed by atoms with Crippen molar-refractivity contribution in [1.82, 2.24) is 10.2 Å². The first-order valence-electron chi connectivity index (χ1n) is 7.23. The predicted octanol–water partition coefficient (Wildman–Crippen LogP) is 1.24. The molecule has 2 rings (SSSR count). The monoisotopic (exact) mass is 286 g/mol. The van der Waals surface area contributed by atoms with Gasteiger partial charge in [0, 0.05) is 17.6 Å². The molecule has 1 aliphatic rings. The number of aliphatic hydroxyl groups is 1. The molecule has 2 N–H and O–H groups in total. The van der Waals surface area contributed by atoms with E-state index in [4.69, 9.17) is 5.11 Å². The summed E-state index contributed by atoms with van der Waals surface area (Å²) in [5.74, 6) is 5.30. The molecular formula is C17H22N2O2. The van der Waals surface area contributed by atoms with Crippen molar-refractivity contribution >= 4 is 5.91 Å². The van der Waals surface area contributed by atoms with E-state index < -0.39 is 0 Å². The SMILES string of the molecule is CN(C)C1(CNC(=O)c2ccccc2C#CCO)CCC1. The van der Waals surface area contributed by atoms with Crippen LogP contribution in [0.25, 0.3) is 0 Å². The summed E-state index contributed by atoms with van der Waals surface area (Å²) < 4.78 is 0. The highest BCUT2D eigenvalue weighted by molar-refractivity contribution is 5.96. The Morgan fingerprint density at radius 1 is 1.38 bits per heavy atom. The maximum absolute atomic E-state index is 12.4. The first-order chi connectivity index (χ1) is 10.1. The van der Waals surface area contributed by atoms with Crippen molar-refractivity contribution in [3.8, 4) is 11.8 Å². The van der Waals surface area contributed by atoms with Gasteiger partial charge in [-0.3, -0.25) is 4.79 Å². The van der Waals surface area contributed by atoms with Crippen molar-refractivity contribution < 1.29 is 9.90 Å². The van der Waals surface area contributed by atoms with E-state index in [1.807, 2.05) is 12.1 Å². The number of benzene rings is 1. The quantitative estimate of drug-likeness (QED) is 0.819. The molecule has 112 valence electrons. The molecule has 0 spiro atoms. The number of hydrogen-bond acceptors (Lipinski definition) is 3. The number of carbonyl (C=O) groups is 1. The number of carbonyl (C=O) groups excluding carboxylic acids is 1. The zero-order valence-electron chi connectivity index (χ0n) is 12.6. The molecule has 0 bridgehead atoms. The van der Waals surface area contributed by atoms with Crippen molar-refractivity contribution in [3.05, 3.63) is 35.4 Å². The number of nitrogens with zero attached hydrogens (tertiary/aromatic N) is 1. The minimum absolute atomic E-state index is 0.0986. The van der Waals surface area contributed by atoms with E-state index in [1.54, 1.807) is 12.1 Å². The molecule has 0 unspecified atom stereocenters. The fraction of sp³-hybridized carbons (Fsp3) is 0.471. The lowest BCUT2D eigenvalue weighted by atomic mass is 9.75. The zero-order chi connectivity index (χ0) is 15.3. The van der Waals surface area contributed by atoms with E-state index in [2.05, 4.69) is 36.2 Å². The molecule has 0 aliphatic heterocycles. The van der Waals surface area contributed by atoms with Crippen LogP contribution in [0.4, 0.5) is 0 Å². The van der Waals surface area contributed by atoms with Crippen molar-refractivity contribution in [3.63, 3.8) is 0 Å². The van der Waals surface area contributed by atoms with E-state index in [9.17, 15) is 4.79 Å². The molecular weight excluding hydrogens is 264 g/mol. The molecule has 1 aliphatic carbocycles. The van der Waals surface area contributed by atoms with Gasteiger partial charge in [0.1, 0.15) is 6.61 Å². The van der Waals surface area contributed by atoms with Crippen LogP contribution in [0, 0.1) is 11.8 Å². The molecule has 1 amide bonds. The van der Waals surface area contributed by atoms with Crippen LogP contribution in [-0.4, -0.2) is 48.7 Å². The molecule has 0 radical (unpaired) electrons. The number of nitrogens with one attached hydrogen (secondary N) is 1. The second-order valence-electron chi connectivity index (χ2n) is 5.66. The molecule has 1 fully saturated rings. The highest BCUT2D eigenvalue weighted by Gasteiger charge is 2.39. The van der Waals surface area contributed by atoms with Crippen molar-refractivity contribution in [2.75, 3.05) is 27.2 Å². The van der Waals surface area contributed by atoms with Gasteiger partial charge in [0.05, 0.1) is 5.56 Å². The second kappa shape index (κ2) is 6.75. The highest BCUT2D eigenvalue weighted by Crippen LogP contribution is 2.35. The third-order valence-corrected chi connectivity index (χ3v) is 4.28. The topological polar surface area (TPSA) is 52.6 Å². The summed E-state index contributed by atoms with van der Waals surface area (Å²) in [6.07, 6.45) is 3.45. The van der Waals surface area contributed by atoms with Crippen LogP contribution >= 0.6 is 0 Å². The fourth-order valence-electron chi connectivity index (χ4n) is 2.63. The van der Waals surface area contributed by atoms with Crippen molar-refractivity contribution in [1.29, 1.82) is 0 Å². The molecule has 0 saturated heterocycles. The first kappa shape index (κ1) is 15.6. The number of hydrogen-bond donors (Lipinski definition) is 2. The summed E-state index contributed by atoms with van der Waals surface area (Å²) in [5.41, 5.74) is 1.31. The van der Waals surface area contributed by atoms with Gasteiger partial charge in [-0.2, -0.15) is 0 Å². The summed E-state index contributed by atoms with van der Waals surface area (Å²) in [4.78, 5) is 14.6. The molecule has 0 heterocycles. The van der Waals surface area contributed by atoms with Crippen LogP contribution < -0.4 is 5.32 Å². The molecule has 1 saturated carbocycles. The Kier molecular flexibility index (Phi) is 5.00. The standard InChI is InChI=1S/C17H22N2O2/c1-19(2)17(10-6-11-17)13-18-16(21)15-9-4-3-7-14(15)8-5-12-20/h3-4,7,9,20H,6,10-13H2,1-2H3,(H,18,21). The van der Waals surface area contributed by atoms with Crippen LogP contribution in [-0.2, 0) is 0 Å². The average molecular weight is 286 g/mol. The lowest BCUT2D eigenvalue weighted by Gasteiger charge is -2.47. The largest absolute Gasteiger partial charge is 0.384 e. The molecule has 0 atom stereocenters. The van der Waals surface area contributed by atoms with Gasteiger partial charge in [-0.05, 0) is 45.5 Å². The van der Waals surface area contributed by atoms with Gasteiger partial charge in [-0.15, -0.1) is 0 Å². The van der Waals surface area contributed by atoms with Gasteiger partial charge in [-0.1, -0.05) is 24.0 Å². The van der Waals surface area contributed by atoms with Crippen LogP contribution in [0.15, 0.2) is 24.3 Å². The Hall–Kier alpha value is -1.83. The number of rotatable bonds is 4. The summed E-state index contributed by atoms with van der Waals surface area (Å²) in [5, 5.41) is 11.8. The van der Waals surface area contributed by atoms with Gasteiger partial charge in [0.2, 0.25) is 0 Å². The van der Waals surface area contributed by atoms with Gasteiger partial charge >= 0.3 is 0 Å². The molecule has 4 nitrogen and oxygen atoms in total. The second-order valence-corrected chi connectivity index (χ2v) is 5.66. The van der Waals surface area contributed by atoms with E-state index in [1.165, 1.54) is 6.42 Å². The van der Waals surface area contributed by atoms with Crippen LogP contribution in [0.2, 0.25) is 0 Å². The van der Waals surface area contributed by atoms with E-state index >= 15 is 0 Å². The average Bonchev–Trinajstić information content (AvgIpc) is 2.43. The fourth-order valence-corrected chi connectivity index (χ4v) is 2.63. The first-order valence-corrected chi connectivity index (χ1v) is 7.23. The highest BCUT2D eigenvalue weighted by atomic mass is 16.2. The Morgan fingerprint density at radius 2 is 2.10 bits per heavy atom. The minimum atomic E-state index is -0.209.